The Morgan fingerprint density at radius 2 is 1.92 bits per heavy atom. The normalized spacial score (nSPS) is 18.5. The zero-order valence-corrected chi connectivity index (χ0v) is 24.5. The molecular formula is C28H28BrCl2N3O3S. The fraction of sp³-hybridized carbons (Fsp3) is 0.357. The van der Waals surface area contributed by atoms with Crippen molar-refractivity contribution >= 4 is 62.7 Å². The van der Waals surface area contributed by atoms with Gasteiger partial charge < -0.3 is 20.1 Å². The molecule has 2 heterocycles. The summed E-state index contributed by atoms with van der Waals surface area (Å²) in [5.74, 6) is 0.666. The third kappa shape index (κ3) is 6.03. The van der Waals surface area contributed by atoms with Crippen LogP contribution in [0.2, 0.25) is 10.0 Å². The second-order valence-electron chi connectivity index (χ2n) is 9.77. The SMILES string of the molecule is O=C(O)NC1CCCC12CCN(c1cc(OCc3ccccc3)c(Sc3cccc(Cl)c3Cl)nc1Br)CC2. The molecule has 5 rings (SSSR count). The lowest BCUT2D eigenvalue weighted by Crippen LogP contribution is -2.50. The topological polar surface area (TPSA) is 74.7 Å². The Morgan fingerprint density at radius 1 is 1.16 bits per heavy atom. The number of aromatic nitrogens is 1. The van der Waals surface area contributed by atoms with Crippen LogP contribution in [0.4, 0.5) is 10.5 Å². The summed E-state index contributed by atoms with van der Waals surface area (Å²) in [4.78, 5) is 19.4. The van der Waals surface area contributed by atoms with E-state index in [2.05, 4.69) is 26.1 Å². The van der Waals surface area contributed by atoms with E-state index in [0.29, 0.717) is 27.4 Å². The van der Waals surface area contributed by atoms with Crippen LogP contribution in [0.25, 0.3) is 0 Å². The molecule has 1 atom stereocenters. The van der Waals surface area contributed by atoms with E-state index in [9.17, 15) is 9.90 Å². The lowest BCUT2D eigenvalue weighted by molar-refractivity contribution is 0.149. The second kappa shape index (κ2) is 11.9. The molecule has 1 aromatic heterocycles. The highest BCUT2D eigenvalue weighted by Gasteiger charge is 2.45. The zero-order valence-electron chi connectivity index (χ0n) is 20.6. The smallest absolute Gasteiger partial charge is 0.404 e. The van der Waals surface area contributed by atoms with Gasteiger partial charge in [-0.1, -0.05) is 77.8 Å². The molecule has 1 aliphatic heterocycles. The summed E-state index contributed by atoms with van der Waals surface area (Å²) in [5, 5.41) is 13.8. The van der Waals surface area contributed by atoms with Crippen LogP contribution in [-0.4, -0.2) is 35.3 Å². The first kappa shape index (κ1) is 27.4. The van der Waals surface area contributed by atoms with Gasteiger partial charge in [0.05, 0.1) is 15.7 Å². The number of hydrogen-bond donors (Lipinski definition) is 2. The van der Waals surface area contributed by atoms with E-state index in [4.69, 9.17) is 32.9 Å². The van der Waals surface area contributed by atoms with Gasteiger partial charge in [-0.25, -0.2) is 9.78 Å². The maximum atomic E-state index is 11.3. The van der Waals surface area contributed by atoms with Gasteiger partial charge >= 0.3 is 6.09 Å². The number of rotatable bonds is 7. The van der Waals surface area contributed by atoms with E-state index in [1.54, 1.807) is 6.07 Å². The third-order valence-corrected chi connectivity index (χ3v) is 10.1. The van der Waals surface area contributed by atoms with Crippen molar-refractivity contribution in [2.45, 2.75) is 54.7 Å². The second-order valence-corrected chi connectivity index (χ2v) is 12.3. The van der Waals surface area contributed by atoms with E-state index < -0.39 is 6.09 Å². The summed E-state index contributed by atoms with van der Waals surface area (Å²) in [6.45, 7) is 2.05. The van der Waals surface area contributed by atoms with E-state index in [-0.39, 0.29) is 11.5 Å². The summed E-state index contributed by atoms with van der Waals surface area (Å²) >= 11 is 17.9. The van der Waals surface area contributed by atoms with Crippen LogP contribution in [-0.2, 0) is 6.61 Å². The van der Waals surface area contributed by atoms with Gasteiger partial charge in [0, 0.05) is 30.1 Å². The number of anilines is 1. The Balaban J connectivity index is 1.40. The summed E-state index contributed by atoms with van der Waals surface area (Å²) < 4.78 is 7.05. The highest BCUT2D eigenvalue weighted by molar-refractivity contribution is 9.10. The van der Waals surface area contributed by atoms with Crippen LogP contribution in [0, 0.1) is 5.41 Å². The summed E-state index contributed by atoms with van der Waals surface area (Å²) in [5.41, 5.74) is 2.05. The third-order valence-electron chi connectivity index (χ3n) is 7.55. The minimum atomic E-state index is -0.932. The van der Waals surface area contributed by atoms with Crippen molar-refractivity contribution in [2.75, 3.05) is 18.0 Å². The van der Waals surface area contributed by atoms with Crippen molar-refractivity contribution in [3.05, 3.63) is 74.8 Å². The van der Waals surface area contributed by atoms with Crippen molar-refractivity contribution in [3.63, 3.8) is 0 Å². The maximum absolute atomic E-state index is 11.3. The number of ether oxygens (including phenoxy) is 1. The minimum absolute atomic E-state index is 0.0229. The van der Waals surface area contributed by atoms with Crippen LogP contribution in [0.15, 0.2) is 69.1 Å². The zero-order chi connectivity index (χ0) is 26.7. The van der Waals surface area contributed by atoms with Crippen molar-refractivity contribution < 1.29 is 14.6 Å². The number of halogens is 3. The molecular weight excluding hydrogens is 609 g/mol. The van der Waals surface area contributed by atoms with Gasteiger partial charge in [0.15, 0.2) is 5.75 Å². The van der Waals surface area contributed by atoms with E-state index in [0.717, 1.165) is 65.9 Å². The molecule has 1 unspecified atom stereocenters. The molecule has 38 heavy (non-hydrogen) atoms. The first-order valence-corrected chi connectivity index (χ1v) is 14.9. The molecule has 1 amide bonds. The largest absolute Gasteiger partial charge is 0.486 e. The molecule has 1 saturated carbocycles. The fourth-order valence-electron chi connectivity index (χ4n) is 5.55. The highest BCUT2D eigenvalue weighted by atomic mass is 79.9. The van der Waals surface area contributed by atoms with Crippen LogP contribution in [0.5, 0.6) is 5.75 Å². The average Bonchev–Trinajstić information content (AvgIpc) is 3.28. The first-order chi connectivity index (χ1) is 18.3. The Hall–Kier alpha value is -2.13. The van der Waals surface area contributed by atoms with Gasteiger partial charge in [0.25, 0.3) is 0 Å². The molecule has 1 spiro atoms. The molecule has 0 bridgehead atoms. The van der Waals surface area contributed by atoms with Gasteiger partial charge in [-0.3, -0.25) is 0 Å². The maximum Gasteiger partial charge on any atom is 0.404 e. The number of pyridine rings is 1. The molecule has 0 radical (unpaired) electrons. The predicted octanol–water partition coefficient (Wildman–Crippen LogP) is 8.29. The number of nitrogens with one attached hydrogen (secondary N) is 1. The monoisotopic (exact) mass is 635 g/mol. The van der Waals surface area contributed by atoms with Crippen molar-refractivity contribution in [1.29, 1.82) is 0 Å². The minimum Gasteiger partial charge on any atom is -0.486 e. The molecule has 10 heteroatoms. The van der Waals surface area contributed by atoms with Crippen LogP contribution < -0.4 is 15.0 Å². The molecule has 6 nitrogen and oxygen atoms in total. The van der Waals surface area contributed by atoms with Gasteiger partial charge in [0.2, 0.25) is 0 Å². The molecule has 2 fully saturated rings. The van der Waals surface area contributed by atoms with E-state index >= 15 is 0 Å². The number of carboxylic acid groups (broad SMARTS) is 1. The van der Waals surface area contributed by atoms with Gasteiger partial charge in [0.1, 0.15) is 16.2 Å². The van der Waals surface area contributed by atoms with Crippen LogP contribution in [0.3, 0.4) is 0 Å². The molecule has 2 aromatic carbocycles. The predicted molar refractivity (Wildman–Crippen MR) is 156 cm³/mol. The highest BCUT2D eigenvalue weighted by Crippen LogP contribution is 2.48. The van der Waals surface area contributed by atoms with Crippen molar-refractivity contribution in [1.82, 2.24) is 10.3 Å². The van der Waals surface area contributed by atoms with Gasteiger partial charge in [-0.2, -0.15) is 0 Å². The van der Waals surface area contributed by atoms with Gasteiger partial charge in [-0.15, -0.1) is 0 Å². The number of hydrogen-bond acceptors (Lipinski definition) is 5. The number of amides is 1. The fourth-order valence-corrected chi connectivity index (χ4v) is 7.59. The van der Waals surface area contributed by atoms with Crippen molar-refractivity contribution in [2.24, 2.45) is 5.41 Å². The molecule has 2 N–H and O–H groups in total. The number of piperidine rings is 1. The standard InChI is InChI=1S/C28H28BrCl2N3O3S/c29-25-20(34-14-12-28(13-15-34)11-5-10-23(28)32-27(35)36)16-21(37-17-18-6-2-1-3-7-18)26(33-25)38-22-9-4-8-19(30)24(22)31/h1-4,6-9,16,23,32H,5,10-15,17H2,(H,35,36). The Morgan fingerprint density at radius 3 is 2.66 bits per heavy atom. The Labute approximate surface area is 245 Å². The molecule has 1 aliphatic carbocycles. The Bertz CT molecular complexity index is 1310. The average molecular weight is 637 g/mol. The van der Waals surface area contributed by atoms with Crippen LogP contribution >= 0.6 is 50.9 Å². The summed E-state index contributed by atoms with van der Waals surface area (Å²) in [7, 11) is 0. The van der Waals surface area contributed by atoms with E-state index in [1.807, 2.05) is 48.5 Å². The quantitative estimate of drug-likeness (QED) is 0.254. The lowest BCUT2D eigenvalue weighted by Gasteiger charge is -2.44. The Kier molecular flexibility index (Phi) is 8.62. The molecule has 200 valence electrons. The number of carbonyl (C=O) groups is 1. The molecule has 2 aliphatic rings. The molecule has 1 saturated heterocycles. The number of benzene rings is 2. The first-order valence-electron chi connectivity index (χ1n) is 12.6. The van der Waals surface area contributed by atoms with Crippen LogP contribution in [0.1, 0.15) is 37.7 Å². The molecule has 3 aromatic rings. The lowest BCUT2D eigenvalue weighted by atomic mass is 9.74. The summed E-state index contributed by atoms with van der Waals surface area (Å²) in [6.07, 6.45) is 3.96. The van der Waals surface area contributed by atoms with Gasteiger partial charge in [-0.05, 0) is 64.7 Å². The van der Waals surface area contributed by atoms with E-state index in [1.165, 1.54) is 11.8 Å². The number of nitrogens with zero attached hydrogens (tertiary/aromatic N) is 2. The van der Waals surface area contributed by atoms with Crippen molar-refractivity contribution in [3.8, 4) is 5.75 Å². The summed E-state index contributed by atoms with van der Waals surface area (Å²) in [6, 6.07) is 17.6.